The number of anilines is 1. The summed E-state index contributed by atoms with van der Waals surface area (Å²) in [6, 6.07) is 0. The lowest BCUT2D eigenvalue weighted by atomic mass is 9.99. The van der Waals surface area contributed by atoms with Crippen molar-refractivity contribution in [1.82, 2.24) is 34.5 Å². The molecular weight excluding hydrogens is 292 g/mol. The minimum atomic E-state index is 0.547. The van der Waals surface area contributed by atoms with Crippen LogP contribution in [-0.2, 0) is 26.4 Å². The van der Waals surface area contributed by atoms with Gasteiger partial charge in [0.15, 0.2) is 5.65 Å². The fourth-order valence-electron chi connectivity index (χ4n) is 3.22. The Morgan fingerprint density at radius 2 is 2.22 bits per heavy atom. The zero-order chi connectivity index (χ0) is 15.8. The normalized spacial score (nSPS) is 17.4. The second-order valence-electron chi connectivity index (χ2n) is 6.01. The van der Waals surface area contributed by atoms with Gasteiger partial charge in [-0.25, -0.2) is 9.97 Å². The third-order valence-electron chi connectivity index (χ3n) is 4.52. The van der Waals surface area contributed by atoms with Gasteiger partial charge in [0.2, 0.25) is 0 Å². The van der Waals surface area contributed by atoms with Gasteiger partial charge >= 0.3 is 0 Å². The Labute approximate surface area is 134 Å². The molecule has 0 aliphatic carbocycles. The van der Waals surface area contributed by atoms with E-state index in [2.05, 4.69) is 42.1 Å². The van der Waals surface area contributed by atoms with E-state index in [4.69, 9.17) is 0 Å². The second-order valence-corrected chi connectivity index (χ2v) is 6.01. The minimum absolute atomic E-state index is 0.547. The summed E-state index contributed by atoms with van der Waals surface area (Å²) in [5.41, 5.74) is 0.848. The van der Waals surface area contributed by atoms with Crippen LogP contribution >= 0.6 is 0 Å². The molecular formula is C15H20N8. The van der Waals surface area contributed by atoms with Gasteiger partial charge < -0.3 is 9.88 Å². The molecule has 8 heteroatoms. The zero-order valence-corrected chi connectivity index (χ0v) is 13.4. The fraction of sp³-hybridized carbons (Fsp3) is 0.533. The minimum Gasteiger partial charge on any atom is -0.369 e. The lowest BCUT2D eigenvalue weighted by Gasteiger charge is -2.24. The summed E-state index contributed by atoms with van der Waals surface area (Å²) in [6.07, 6.45) is 6.43. The van der Waals surface area contributed by atoms with E-state index in [1.807, 2.05) is 13.2 Å². The van der Waals surface area contributed by atoms with Crippen molar-refractivity contribution in [2.75, 3.05) is 11.9 Å². The van der Waals surface area contributed by atoms with Gasteiger partial charge in [0.25, 0.3) is 0 Å². The van der Waals surface area contributed by atoms with Crippen LogP contribution in [0.2, 0.25) is 0 Å². The molecule has 4 heterocycles. The molecule has 1 aliphatic heterocycles. The van der Waals surface area contributed by atoms with E-state index < -0.39 is 0 Å². The Hall–Kier alpha value is -2.51. The van der Waals surface area contributed by atoms with Crippen LogP contribution in [0.3, 0.4) is 0 Å². The van der Waals surface area contributed by atoms with E-state index in [1.165, 1.54) is 0 Å². The molecule has 4 rings (SSSR count). The molecule has 23 heavy (non-hydrogen) atoms. The maximum atomic E-state index is 4.37. The van der Waals surface area contributed by atoms with Gasteiger partial charge in [-0.1, -0.05) is 6.92 Å². The summed E-state index contributed by atoms with van der Waals surface area (Å²) in [4.78, 5) is 8.64. The third-order valence-corrected chi connectivity index (χ3v) is 4.52. The third kappa shape index (κ3) is 2.43. The van der Waals surface area contributed by atoms with E-state index in [0.29, 0.717) is 5.92 Å². The standard InChI is InChI=1S/C15H20N8/c1-3-12-20-21-13-5-4-10(8-23(12)13)6-16-14-11-7-19-22(2)15(11)18-9-17-14/h7,9-10H,3-6,8H2,1-2H3,(H,16,17,18). The van der Waals surface area contributed by atoms with Crippen LogP contribution in [-0.4, -0.2) is 41.1 Å². The van der Waals surface area contributed by atoms with Gasteiger partial charge in [0, 0.05) is 33.0 Å². The van der Waals surface area contributed by atoms with Crippen LogP contribution < -0.4 is 5.32 Å². The number of aryl methyl sites for hydroxylation is 3. The molecule has 0 saturated carbocycles. The quantitative estimate of drug-likeness (QED) is 0.779. The van der Waals surface area contributed by atoms with Crippen LogP contribution in [0.15, 0.2) is 12.5 Å². The van der Waals surface area contributed by atoms with Crippen molar-refractivity contribution in [3.05, 3.63) is 24.2 Å². The van der Waals surface area contributed by atoms with Crippen LogP contribution in [0.4, 0.5) is 5.82 Å². The molecule has 0 fully saturated rings. The number of aromatic nitrogens is 7. The SMILES string of the molecule is CCc1nnc2n1CC(CNc1ncnc3c1cnn3C)CC2. The lowest BCUT2D eigenvalue weighted by molar-refractivity contribution is 0.374. The first-order valence-corrected chi connectivity index (χ1v) is 8.03. The molecule has 0 radical (unpaired) electrons. The Kier molecular flexibility index (Phi) is 3.44. The van der Waals surface area contributed by atoms with Crippen molar-refractivity contribution in [2.45, 2.75) is 32.7 Å². The summed E-state index contributed by atoms with van der Waals surface area (Å²) in [7, 11) is 1.89. The Morgan fingerprint density at radius 1 is 1.30 bits per heavy atom. The van der Waals surface area contributed by atoms with Crippen LogP contribution in [0, 0.1) is 5.92 Å². The molecule has 1 atom stereocenters. The van der Waals surface area contributed by atoms with Gasteiger partial charge in [-0.2, -0.15) is 5.10 Å². The van der Waals surface area contributed by atoms with E-state index in [9.17, 15) is 0 Å². The average Bonchev–Trinajstić information content (AvgIpc) is 3.16. The molecule has 1 aliphatic rings. The molecule has 1 N–H and O–H groups in total. The topological polar surface area (TPSA) is 86.3 Å². The number of nitrogens with one attached hydrogen (secondary N) is 1. The summed E-state index contributed by atoms with van der Waals surface area (Å²) in [6.45, 7) is 3.97. The Balaban J connectivity index is 1.49. The Morgan fingerprint density at radius 3 is 3.09 bits per heavy atom. The summed E-state index contributed by atoms with van der Waals surface area (Å²) in [5, 5.41) is 17.2. The predicted molar refractivity (Wildman–Crippen MR) is 86.0 cm³/mol. The number of fused-ring (bicyclic) bond motifs is 2. The van der Waals surface area contributed by atoms with E-state index in [0.717, 1.165) is 60.9 Å². The van der Waals surface area contributed by atoms with E-state index >= 15 is 0 Å². The molecule has 0 aromatic carbocycles. The Bertz CT molecular complexity index is 820. The van der Waals surface area contributed by atoms with Gasteiger partial charge in [0.05, 0.1) is 11.6 Å². The van der Waals surface area contributed by atoms with E-state index in [1.54, 1.807) is 11.0 Å². The van der Waals surface area contributed by atoms with Crippen molar-refractivity contribution in [2.24, 2.45) is 13.0 Å². The van der Waals surface area contributed by atoms with Crippen LogP contribution in [0.5, 0.6) is 0 Å². The van der Waals surface area contributed by atoms with Crippen LogP contribution in [0.1, 0.15) is 25.0 Å². The predicted octanol–water partition coefficient (Wildman–Crippen LogP) is 1.19. The largest absolute Gasteiger partial charge is 0.369 e. The molecule has 1 unspecified atom stereocenters. The highest BCUT2D eigenvalue weighted by molar-refractivity contribution is 5.85. The first-order chi connectivity index (χ1) is 11.3. The fourth-order valence-corrected chi connectivity index (χ4v) is 3.22. The van der Waals surface area contributed by atoms with Crippen molar-refractivity contribution < 1.29 is 0 Å². The maximum Gasteiger partial charge on any atom is 0.163 e. The van der Waals surface area contributed by atoms with Crippen LogP contribution in [0.25, 0.3) is 11.0 Å². The monoisotopic (exact) mass is 312 g/mol. The molecule has 0 bridgehead atoms. The smallest absolute Gasteiger partial charge is 0.163 e. The van der Waals surface area contributed by atoms with Gasteiger partial charge in [-0.05, 0) is 12.3 Å². The second kappa shape index (κ2) is 5.60. The molecule has 0 spiro atoms. The summed E-state index contributed by atoms with van der Waals surface area (Å²) >= 11 is 0. The van der Waals surface area contributed by atoms with E-state index in [-0.39, 0.29) is 0 Å². The highest BCUT2D eigenvalue weighted by Crippen LogP contribution is 2.22. The lowest BCUT2D eigenvalue weighted by Crippen LogP contribution is -2.27. The van der Waals surface area contributed by atoms with Gasteiger partial charge in [-0.15, -0.1) is 10.2 Å². The molecule has 0 amide bonds. The van der Waals surface area contributed by atoms with Gasteiger partial charge in [-0.3, -0.25) is 4.68 Å². The maximum absolute atomic E-state index is 4.37. The van der Waals surface area contributed by atoms with Crippen molar-refractivity contribution in [3.63, 3.8) is 0 Å². The molecule has 3 aromatic rings. The highest BCUT2D eigenvalue weighted by atomic mass is 15.3. The summed E-state index contributed by atoms with van der Waals surface area (Å²) in [5.74, 6) is 3.61. The zero-order valence-electron chi connectivity index (χ0n) is 13.4. The molecule has 3 aromatic heterocycles. The summed E-state index contributed by atoms with van der Waals surface area (Å²) < 4.78 is 4.04. The first-order valence-electron chi connectivity index (χ1n) is 8.03. The highest BCUT2D eigenvalue weighted by Gasteiger charge is 2.22. The van der Waals surface area contributed by atoms with Crippen molar-refractivity contribution in [1.29, 1.82) is 0 Å². The van der Waals surface area contributed by atoms with Crippen molar-refractivity contribution >= 4 is 16.9 Å². The molecule has 120 valence electrons. The average molecular weight is 312 g/mol. The number of hydrogen-bond donors (Lipinski definition) is 1. The van der Waals surface area contributed by atoms with Gasteiger partial charge in [0.1, 0.15) is 23.8 Å². The molecule has 0 saturated heterocycles. The number of rotatable bonds is 4. The first kappa shape index (κ1) is 14.1. The van der Waals surface area contributed by atoms with Crippen molar-refractivity contribution in [3.8, 4) is 0 Å². The molecule has 8 nitrogen and oxygen atoms in total. The number of nitrogens with zero attached hydrogens (tertiary/aromatic N) is 7. The number of hydrogen-bond acceptors (Lipinski definition) is 6.